The number of rotatable bonds is 4. The molecule has 19 heavy (non-hydrogen) atoms. The van der Waals surface area contributed by atoms with Crippen molar-refractivity contribution in [2.45, 2.75) is 0 Å². The fourth-order valence-electron chi connectivity index (χ4n) is 1.45. The van der Waals surface area contributed by atoms with Crippen LogP contribution < -0.4 is 10.1 Å². The third-order valence-corrected chi connectivity index (χ3v) is 2.34. The summed E-state index contributed by atoms with van der Waals surface area (Å²) >= 11 is 0. The highest BCUT2D eigenvalue weighted by molar-refractivity contribution is 5.91. The summed E-state index contributed by atoms with van der Waals surface area (Å²) in [7, 11) is 0. The first kappa shape index (κ1) is 13.0. The Labute approximate surface area is 108 Å². The summed E-state index contributed by atoms with van der Waals surface area (Å²) in [5.41, 5.74) is 0.0598. The lowest BCUT2D eigenvalue weighted by atomic mass is 10.3. The minimum Gasteiger partial charge on any atom is -0.481 e. The summed E-state index contributed by atoms with van der Waals surface area (Å²) in [5, 5.41) is 2.34. The maximum absolute atomic E-state index is 13.3. The van der Waals surface area contributed by atoms with Gasteiger partial charge in [0, 0.05) is 0 Å². The fourth-order valence-corrected chi connectivity index (χ4v) is 1.45. The molecular formula is C14H11F2NO2. The number of amides is 1. The van der Waals surface area contributed by atoms with Crippen molar-refractivity contribution in [3.8, 4) is 5.75 Å². The van der Waals surface area contributed by atoms with Crippen molar-refractivity contribution in [1.29, 1.82) is 0 Å². The molecule has 5 heteroatoms. The van der Waals surface area contributed by atoms with Crippen LogP contribution in [0.5, 0.6) is 5.75 Å². The van der Waals surface area contributed by atoms with Gasteiger partial charge in [0.1, 0.15) is 5.82 Å². The molecule has 0 spiro atoms. The van der Waals surface area contributed by atoms with Crippen molar-refractivity contribution < 1.29 is 18.3 Å². The number of hydrogen-bond donors (Lipinski definition) is 1. The Hall–Kier alpha value is -2.43. The normalized spacial score (nSPS) is 10.0. The van der Waals surface area contributed by atoms with Gasteiger partial charge in [0.05, 0.1) is 5.69 Å². The molecule has 98 valence electrons. The highest BCUT2D eigenvalue weighted by Gasteiger charge is 2.08. The molecule has 3 nitrogen and oxygen atoms in total. The predicted octanol–water partition coefficient (Wildman–Crippen LogP) is 2.98. The fraction of sp³-hybridized carbons (Fsp3) is 0.0714. The van der Waals surface area contributed by atoms with Crippen LogP contribution in [0, 0.1) is 11.6 Å². The van der Waals surface area contributed by atoms with Crippen LogP contribution in [0.15, 0.2) is 48.5 Å². The van der Waals surface area contributed by atoms with E-state index < -0.39 is 24.1 Å². The molecule has 1 N–H and O–H groups in total. The van der Waals surface area contributed by atoms with E-state index in [-0.39, 0.29) is 11.4 Å². The third-order valence-electron chi connectivity index (χ3n) is 2.34. The van der Waals surface area contributed by atoms with Crippen LogP contribution in [0.2, 0.25) is 0 Å². The summed E-state index contributed by atoms with van der Waals surface area (Å²) in [6, 6.07) is 11.5. The molecule has 0 radical (unpaired) electrons. The second kappa shape index (κ2) is 5.95. The van der Waals surface area contributed by atoms with Gasteiger partial charge in [-0.15, -0.1) is 0 Å². The molecular weight excluding hydrogens is 252 g/mol. The Bertz CT molecular complexity index is 587. The van der Waals surface area contributed by atoms with E-state index in [9.17, 15) is 13.6 Å². The van der Waals surface area contributed by atoms with E-state index >= 15 is 0 Å². The molecule has 2 rings (SSSR count). The molecule has 0 aliphatic heterocycles. The first-order valence-corrected chi connectivity index (χ1v) is 5.58. The van der Waals surface area contributed by atoms with Crippen molar-refractivity contribution in [2.75, 3.05) is 11.9 Å². The minimum atomic E-state index is -0.562. The molecule has 0 unspecified atom stereocenters. The minimum absolute atomic E-state index is 0.0221. The smallest absolute Gasteiger partial charge is 0.262 e. The van der Waals surface area contributed by atoms with E-state index in [1.807, 2.05) is 0 Å². The van der Waals surface area contributed by atoms with Crippen molar-refractivity contribution in [1.82, 2.24) is 0 Å². The van der Waals surface area contributed by atoms with Gasteiger partial charge in [-0.1, -0.05) is 24.3 Å². The quantitative estimate of drug-likeness (QED) is 0.920. The molecule has 1 amide bonds. The predicted molar refractivity (Wildman–Crippen MR) is 66.9 cm³/mol. The topological polar surface area (TPSA) is 38.3 Å². The Morgan fingerprint density at radius 3 is 2.32 bits per heavy atom. The molecule has 0 fully saturated rings. The maximum Gasteiger partial charge on any atom is 0.262 e. The Morgan fingerprint density at radius 2 is 1.63 bits per heavy atom. The molecule has 2 aromatic rings. The zero-order valence-electron chi connectivity index (χ0n) is 9.90. The van der Waals surface area contributed by atoms with Gasteiger partial charge in [-0.3, -0.25) is 4.79 Å². The number of carbonyl (C=O) groups is 1. The molecule has 0 heterocycles. The number of para-hydroxylation sites is 2. The first-order chi connectivity index (χ1) is 9.16. The summed E-state index contributed by atoms with van der Waals surface area (Å²) in [6.07, 6.45) is 0. The summed E-state index contributed by atoms with van der Waals surface area (Å²) in [4.78, 5) is 11.5. The molecule has 0 atom stereocenters. The first-order valence-electron chi connectivity index (χ1n) is 5.58. The molecule has 0 aromatic heterocycles. The lowest BCUT2D eigenvalue weighted by molar-refractivity contribution is -0.118. The van der Waals surface area contributed by atoms with Crippen LogP contribution in [-0.2, 0) is 4.79 Å². The average molecular weight is 263 g/mol. The van der Waals surface area contributed by atoms with E-state index in [1.54, 1.807) is 12.1 Å². The lowest BCUT2D eigenvalue weighted by Gasteiger charge is -2.08. The number of ether oxygens (including phenoxy) is 1. The third kappa shape index (κ3) is 3.51. The second-order valence-electron chi connectivity index (χ2n) is 3.75. The number of anilines is 1. The van der Waals surface area contributed by atoms with Gasteiger partial charge >= 0.3 is 0 Å². The lowest BCUT2D eigenvalue weighted by Crippen LogP contribution is -2.21. The largest absolute Gasteiger partial charge is 0.481 e. The van der Waals surface area contributed by atoms with E-state index in [0.29, 0.717) is 0 Å². The van der Waals surface area contributed by atoms with E-state index in [1.165, 1.54) is 36.4 Å². The van der Waals surface area contributed by atoms with E-state index in [4.69, 9.17) is 4.74 Å². The highest BCUT2D eigenvalue weighted by atomic mass is 19.1. The van der Waals surface area contributed by atoms with E-state index in [2.05, 4.69) is 5.32 Å². The number of carbonyl (C=O) groups excluding carboxylic acids is 1. The summed E-state index contributed by atoms with van der Waals surface area (Å²) in [5.74, 6) is -1.68. The Morgan fingerprint density at radius 1 is 1.00 bits per heavy atom. The Balaban J connectivity index is 1.92. The van der Waals surface area contributed by atoms with Crippen LogP contribution in [0.3, 0.4) is 0 Å². The van der Waals surface area contributed by atoms with Crippen molar-refractivity contribution in [3.05, 3.63) is 60.2 Å². The second-order valence-corrected chi connectivity index (χ2v) is 3.75. The SMILES string of the molecule is O=C(COc1ccccc1F)Nc1ccccc1F. The van der Waals surface area contributed by atoms with Crippen molar-refractivity contribution >= 4 is 11.6 Å². The van der Waals surface area contributed by atoms with Gasteiger partial charge < -0.3 is 10.1 Å². The number of hydrogen-bond acceptors (Lipinski definition) is 2. The van der Waals surface area contributed by atoms with E-state index in [0.717, 1.165) is 0 Å². The average Bonchev–Trinajstić information content (AvgIpc) is 2.40. The van der Waals surface area contributed by atoms with Gasteiger partial charge in [-0.25, -0.2) is 8.78 Å². The van der Waals surface area contributed by atoms with Gasteiger partial charge in [0.15, 0.2) is 18.2 Å². The van der Waals surface area contributed by atoms with Crippen LogP contribution in [0.1, 0.15) is 0 Å². The van der Waals surface area contributed by atoms with Gasteiger partial charge in [0.25, 0.3) is 5.91 Å². The zero-order chi connectivity index (χ0) is 13.7. The standard InChI is InChI=1S/C14H11F2NO2/c15-10-5-1-3-7-12(10)17-14(18)9-19-13-8-4-2-6-11(13)16/h1-8H,9H2,(H,17,18). The Kier molecular flexibility index (Phi) is 4.07. The molecule has 0 saturated heterocycles. The molecule has 0 bridgehead atoms. The number of nitrogens with one attached hydrogen (secondary N) is 1. The molecule has 0 saturated carbocycles. The molecule has 0 aliphatic rings. The van der Waals surface area contributed by atoms with Gasteiger partial charge in [-0.05, 0) is 24.3 Å². The van der Waals surface area contributed by atoms with Crippen LogP contribution in [0.25, 0.3) is 0 Å². The number of benzene rings is 2. The van der Waals surface area contributed by atoms with Crippen LogP contribution in [-0.4, -0.2) is 12.5 Å². The van der Waals surface area contributed by atoms with Gasteiger partial charge in [0.2, 0.25) is 0 Å². The molecule has 2 aromatic carbocycles. The number of halogens is 2. The monoisotopic (exact) mass is 263 g/mol. The summed E-state index contributed by atoms with van der Waals surface area (Å²) < 4.78 is 31.5. The zero-order valence-corrected chi connectivity index (χ0v) is 9.90. The van der Waals surface area contributed by atoms with Crippen LogP contribution >= 0.6 is 0 Å². The maximum atomic E-state index is 13.3. The van der Waals surface area contributed by atoms with Gasteiger partial charge in [-0.2, -0.15) is 0 Å². The van der Waals surface area contributed by atoms with Crippen molar-refractivity contribution in [3.63, 3.8) is 0 Å². The van der Waals surface area contributed by atoms with Crippen LogP contribution in [0.4, 0.5) is 14.5 Å². The molecule has 0 aliphatic carbocycles. The summed E-state index contributed by atoms with van der Waals surface area (Å²) in [6.45, 7) is -0.394. The van der Waals surface area contributed by atoms with Crippen molar-refractivity contribution in [2.24, 2.45) is 0 Å². The highest BCUT2D eigenvalue weighted by Crippen LogP contribution is 2.16.